The van der Waals surface area contributed by atoms with Gasteiger partial charge < -0.3 is 5.32 Å². The largest absolute Gasteiger partial charge is 0.465 e. The number of aromatic nitrogens is 1. The second kappa shape index (κ2) is 7.74. The Bertz CT molecular complexity index is 954. The van der Waals surface area contributed by atoms with Crippen LogP contribution in [0.3, 0.4) is 0 Å². The van der Waals surface area contributed by atoms with Crippen molar-refractivity contribution in [1.82, 2.24) is 9.88 Å². The molecule has 1 atom stereocenters. The summed E-state index contributed by atoms with van der Waals surface area (Å²) in [4.78, 5) is 21.3. The van der Waals surface area contributed by atoms with E-state index in [2.05, 4.69) is 15.3 Å². The maximum absolute atomic E-state index is 14.5. The lowest BCUT2D eigenvalue weighted by Crippen LogP contribution is -2.94. The molecule has 4 rings (SSSR count). The zero-order valence-corrected chi connectivity index (χ0v) is 16.7. The SMILES string of the molecule is Cc1ccnc(N[C@@]2(C(F)(F)F)[NH+]=C(c3ccccc3)N(C3CCCCC3)C2=O)c1. The van der Waals surface area contributed by atoms with E-state index in [9.17, 15) is 18.0 Å². The Morgan fingerprint density at radius 2 is 1.83 bits per heavy atom. The summed E-state index contributed by atoms with van der Waals surface area (Å²) in [7, 11) is 0. The first-order chi connectivity index (χ1) is 14.3. The minimum atomic E-state index is -4.89. The zero-order chi connectivity index (χ0) is 21.4. The van der Waals surface area contributed by atoms with Gasteiger partial charge in [0.25, 0.3) is 5.84 Å². The summed E-state index contributed by atoms with van der Waals surface area (Å²) < 4.78 is 43.4. The number of rotatable bonds is 4. The van der Waals surface area contributed by atoms with E-state index in [0.717, 1.165) is 24.8 Å². The van der Waals surface area contributed by atoms with Crippen molar-refractivity contribution < 1.29 is 23.0 Å². The van der Waals surface area contributed by atoms with E-state index >= 15 is 0 Å². The molecule has 158 valence electrons. The minimum absolute atomic E-state index is 0.00826. The maximum atomic E-state index is 14.5. The Balaban J connectivity index is 1.84. The number of halogens is 3. The van der Waals surface area contributed by atoms with Crippen molar-refractivity contribution in [3.63, 3.8) is 0 Å². The first-order valence-corrected chi connectivity index (χ1v) is 10.1. The number of carbonyl (C=O) groups excluding carboxylic acids is 1. The number of amides is 1. The number of pyridine rings is 1. The average molecular weight is 417 g/mol. The third kappa shape index (κ3) is 3.55. The fraction of sp³-hybridized carbons (Fsp3) is 0.409. The predicted molar refractivity (Wildman–Crippen MR) is 107 cm³/mol. The van der Waals surface area contributed by atoms with E-state index in [1.54, 1.807) is 43.3 Å². The van der Waals surface area contributed by atoms with Crippen molar-refractivity contribution in [1.29, 1.82) is 0 Å². The highest BCUT2D eigenvalue weighted by molar-refractivity contribution is 6.11. The molecule has 1 amide bonds. The van der Waals surface area contributed by atoms with Crippen LogP contribution < -0.4 is 10.3 Å². The van der Waals surface area contributed by atoms with Gasteiger partial charge >= 0.3 is 17.7 Å². The normalized spacial score (nSPS) is 22.9. The van der Waals surface area contributed by atoms with Gasteiger partial charge in [-0.1, -0.05) is 24.6 Å². The summed E-state index contributed by atoms with van der Waals surface area (Å²) in [5, 5.41) is 2.39. The molecule has 1 aromatic carbocycles. The summed E-state index contributed by atoms with van der Waals surface area (Å²) in [6, 6.07) is 11.6. The molecule has 8 heteroatoms. The van der Waals surface area contributed by atoms with Crippen molar-refractivity contribution in [2.75, 3.05) is 5.32 Å². The van der Waals surface area contributed by atoms with Gasteiger partial charge in [0.05, 0.1) is 5.56 Å². The van der Waals surface area contributed by atoms with E-state index in [-0.39, 0.29) is 17.7 Å². The lowest BCUT2D eigenvalue weighted by Gasteiger charge is -2.29. The molecule has 0 radical (unpaired) electrons. The minimum Gasteiger partial charge on any atom is -0.312 e. The fourth-order valence-electron chi connectivity index (χ4n) is 4.21. The highest BCUT2D eigenvalue weighted by Crippen LogP contribution is 2.35. The summed E-state index contributed by atoms with van der Waals surface area (Å²) in [5.74, 6) is -0.861. The van der Waals surface area contributed by atoms with Gasteiger partial charge in [0.15, 0.2) is 0 Å². The van der Waals surface area contributed by atoms with Crippen molar-refractivity contribution >= 4 is 17.6 Å². The lowest BCUT2D eigenvalue weighted by atomic mass is 9.93. The number of hydrogen-bond donors (Lipinski definition) is 2. The van der Waals surface area contributed by atoms with Crippen LogP contribution in [0.1, 0.15) is 43.2 Å². The smallest absolute Gasteiger partial charge is 0.312 e. The number of amidine groups is 1. The Morgan fingerprint density at radius 1 is 1.13 bits per heavy atom. The van der Waals surface area contributed by atoms with Crippen molar-refractivity contribution in [2.24, 2.45) is 0 Å². The number of hydrogen-bond acceptors (Lipinski definition) is 3. The lowest BCUT2D eigenvalue weighted by molar-refractivity contribution is -0.566. The van der Waals surface area contributed by atoms with Crippen molar-refractivity contribution in [2.45, 2.75) is 56.9 Å². The molecule has 2 aliphatic rings. The van der Waals surface area contributed by atoms with E-state index in [1.807, 2.05) is 0 Å². The quantitative estimate of drug-likeness (QED) is 0.805. The van der Waals surface area contributed by atoms with Gasteiger partial charge in [-0.2, -0.15) is 18.1 Å². The van der Waals surface area contributed by atoms with Crippen molar-refractivity contribution in [3.05, 3.63) is 59.8 Å². The standard InChI is InChI=1S/C22H23F3N4O/c1-15-12-13-26-18(14-15)27-21(22(23,24)25)20(30)29(17-10-6-3-7-11-17)19(28-21)16-8-4-2-5-9-16/h2,4-5,8-9,12-14,17H,3,6-7,10-11H2,1H3,(H,26,27)/p+1/t21-/m1/s1. The molecule has 0 bridgehead atoms. The van der Waals surface area contributed by atoms with Crippen LogP contribution in [0.25, 0.3) is 0 Å². The molecule has 2 heterocycles. The summed E-state index contributed by atoms with van der Waals surface area (Å²) in [6.45, 7) is 1.76. The number of nitrogens with one attached hydrogen (secondary N) is 2. The van der Waals surface area contributed by atoms with Gasteiger partial charge in [-0.25, -0.2) is 14.8 Å². The molecule has 0 saturated heterocycles. The Morgan fingerprint density at radius 3 is 2.47 bits per heavy atom. The number of nitrogens with zero attached hydrogens (tertiary/aromatic N) is 2. The number of alkyl halides is 3. The van der Waals surface area contributed by atoms with E-state index in [0.29, 0.717) is 18.4 Å². The first-order valence-electron chi connectivity index (χ1n) is 10.1. The Kier molecular flexibility index (Phi) is 5.26. The maximum Gasteiger partial charge on any atom is 0.465 e. The molecule has 2 N–H and O–H groups in total. The first kappa shape index (κ1) is 20.4. The van der Waals surface area contributed by atoms with Gasteiger partial charge in [-0.05, 0) is 62.4 Å². The summed E-state index contributed by atoms with van der Waals surface area (Å²) >= 11 is 0. The van der Waals surface area contributed by atoms with Crippen LogP contribution in [-0.4, -0.2) is 39.5 Å². The molecule has 1 fully saturated rings. The van der Waals surface area contributed by atoms with Crippen LogP contribution in [0.2, 0.25) is 0 Å². The molecular weight excluding hydrogens is 393 g/mol. The topological polar surface area (TPSA) is 59.2 Å². The highest BCUT2D eigenvalue weighted by atomic mass is 19.4. The van der Waals surface area contributed by atoms with Crippen LogP contribution in [0.4, 0.5) is 19.0 Å². The number of benzene rings is 1. The monoisotopic (exact) mass is 417 g/mol. The van der Waals surface area contributed by atoms with E-state index < -0.39 is 17.7 Å². The average Bonchev–Trinajstić information content (AvgIpc) is 3.03. The molecule has 5 nitrogen and oxygen atoms in total. The fourth-order valence-corrected chi connectivity index (χ4v) is 4.21. The van der Waals surface area contributed by atoms with Crippen LogP contribution in [0.15, 0.2) is 48.7 Å². The molecule has 1 aromatic heterocycles. The van der Waals surface area contributed by atoms with E-state index in [1.165, 1.54) is 17.2 Å². The molecular formula is C22H24F3N4O+. The molecule has 0 spiro atoms. The van der Waals surface area contributed by atoms with Gasteiger partial charge in [-0.3, -0.25) is 0 Å². The third-order valence-corrected chi connectivity index (χ3v) is 5.73. The van der Waals surface area contributed by atoms with Crippen LogP contribution in [0.5, 0.6) is 0 Å². The highest BCUT2D eigenvalue weighted by Gasteiger charge is 2.72. The second-order valence-corrected chi connectivity index (χ2v) is 7.90. The molecule has 30 heavy (non-hydrogen) atoms. The Hall–Kier alpha value is -2.90. The van der Waals surface area contributed by atoms with Crippen molar-refractivity contribution in [3.8, 4) is 0 Å². The summed E-state index contributed by atoms with van der Waals surface area (Å²) in [5.41, 5.74) is -1.69. The van der Waals surface area contributed by atoms with Crippen LogP contribution >= 0.6 is 0 Å². The Labute approximate surface area is 173 Å². The van der Waals surface area contributed by atoms with Gasteiger partial charge in [-0.15, -0.1) is 0 Å². The number of carbonyl (C=O) groups is 1. The molecule has 1 saturated carbocycles. The van der Waals surface area contributed by atoms with Gasteiger partial charge in [0.1, 0.15) is 11.9 Å². The molecule has 2 aromatic rings. The van der Waals surface area contributed by atoms with Crippen LogP contribution in [0, 0.1) is 6.92 Å². The van der Waals surface area contributed by atoms with Gasteiger partial charge in [0, 0.05) is 6.20 Å². The van der Waals surface area contributed by atoms with E-state index in [4.69, 9.17) is 0 Å². The van der Waals surface area contributed by atoms with Crippen LogP contribution in [-0.2, 0) is 4.79 Å². The molecule has 0 unspecified atom stereocenters. The molecule has 1 aliphatic carbocycles. The number of anilines is 1. The predicted octanol–water partition coefficient (Wildman–Crippen LogP) is 2.76. The molecule has 1 aliphatic heterocycles. The number of aryl methyl sites for hydroxylation is 1. The summed E-state index contributed by atoms with van der Waals surface area (Å²) in [6.07, 6.45) is 0.703. The second-order valence-electron chi connectivity index (χ2n) is 7.90. The third-order valence-electron chi connectivity index (χ3n) is 5.73. The zero-order valence-electron chi connectivity index (χ0n) is 16.7. The van der Waals surface area contributed by atoms with Gasteiger partial charge in [0.2, 0.25) is 0 Å².